The van der Waals surface area contributed by atoms with Gasteiger partial charge in [-0.3, -0.25) is 19.7 Å². The third-order valence-corrected chi connectivity index (χ3v) is 4.34. The fraction of sp³-hybridized carbons (Fsp3) is 0.143. The largest absolute Gasteiger partial charge is 0.351 e. The zero-order valence-electron chi connectivity index (χ0n) is 16.0. The van der Waals surface area contributed by atoms with Gasteiger partial charge in [-0.05, 0) is 18.6 Å². The van der Waals surface area contributed by atoms with Crippen LogP contribution in [0.2, 0.25) is 0 Å². The second kappa shape index (κ2) is 8.79. The van der Waals surface area contributed by atoms with Gasteiger partial charge in [0.05, 0.1) is 10.6 Å². The first-order valence-electron chi connectivity index (χ1n) is 9.13. The van der Waals surface area contributed by atoms with Crippen LogP contribution >= 0.6 is 0 Å². The van der Waals surface area contributed by atoms with E-state index in [9.17, 15) is 25.0 Å². The number of non-ortho nitro benzene ring substituents is 1. The van der Waals surface area contributed by atoms with E-state index in [-0.39, 0.29) is 28.4 Å². The summed E-state index contributed by atoms with van der Waals surface area (Å²) in [5.74, 6) is -0.857. The van der Waals surface area contributed by atoms with E-state index < -0.39 is 16.7 Å². The molecule has 1 aliphatic rings. The molecule has 150 valence electrons. The van der Waals surface area contributed by atoms with Gasteiger partial charge in [-0.25, -0.2) is 4.99 Å². The number of carbonyl (C=O) groups is 2. The predicted molar refractivity (Wildman–Crippen MR) is 109 cm³/mol. The van der Waals surface area contributed by atoms with Gasteiger partial charge in [-0.2, -0.15) is 5.26 Å². The summed E-state index contributed by atoms with van der Waals surface area (Å²) in [5, 5.41) is 25.6. The molecule has 30 heavy (non-hydrogen) atoms. The average Bonchev–Trinajstić information content (AvgIpc) is 3.11. The van der Waals surface area contributed by atoms with Crippen molar-refractivity contribution < 1.29 is 14.5 Å². The number of benzene rings is 2. The molecule has 0 fully saturated rings. The third kappa shape index (κ3) is 4.07. The Morgan fingerprint density at radius 2 is 1.80 bits per heavy atom. The second-order valence-corrected chi connectivity index (χ2v) is 6.36. The SMILES string of the molecule is CCCNC(=O)/C(C#N)=C1\N=C(NC(=O)c2ccc([N+](=O)[O-])cc2)c2ccccc21. The maximum absolute atomic E-state index is 12.6. The Hall–Kier alpha value is -4.32. The summed E-state index contributed by atoms with van der Waals surface area (Å²) >= 11 is 0. The van der Waals surface area contributed by atoms with Crippen LogP contribution in [0, 0.1) is 21.4 Å². The van der Waals surface area contributed by atoms with Crippen molar-refractivity contribution in [2.45, 2.75) is 13.3 Å². The highest BCUT2D eigenvalue weighted by Crippen LogP contribution is 2.30. The number of nitrogens with zero attached hydrogens (tertiary/aromatic N) is 3. The highest BCUT2D eigenvalue weighted by molar-refractivity contribution is 6.20. The van der Waals surface area contributed by atoms with Crippen molar-refractivity contribution in [3.05, 3.63) is 80.9 Å². The number of nitro benzene ring substituents is 1. The number of carbonyl (C=O) groups excluding carboxylic acids is 2. The van der Waals surface area contributed by atoms with Crippen molar-refractivity contribution in [1.29, 1.82) is 5.26 Å². The van der Waals surface area contributed by atoms with E-state index >= 15 is 0 Å². The highest BCUT2D eigenvalue weighted by atomic mass is 16.6. The van der Waals surface area contributed by atoms with Gasteiger partial charge in [0.1, 0.15) is 17.5 Å². The van der Waals surface area contributed by atoms with Crippen LogP contribution in [0.4, 0.5) is 5.69 Å². The van der Waals surface area contributed by atoms with Crippen LogP contribution in [-0.4, -0.2) is 29.1 Å². The zero-order chi connectivity index (χ0) is 21.7. The Balaban J connectivity index is 1.94. The fourth-order valence-electron chi connectivity index (χ4n) is 2.87. The second-order valence-electron chi connectivity index (χ2n) is 6.36. The average molecular weight is 403 g/mol. The molecule has 3 rings (SSSR count). The van der Waals surface area contributed by atoms with Gasteiger partial charge in [0.15, 0.2) is 0 Å². The number of nitro groups is 1. The molecule has 0 radical (unpaired) electrons. The number of aliphatic imine (C=N–C) groups is 1. The first kappa shape index (κ1) is 20.4. The van der Waals surface area contributed by atoms with E-state index in [0.29, 0.717) is 17.7 Å². The molecule has 1 heterocycles. The number of nitriles is 1. The minimum absolute atomic E-state index is 0.128. The summed E-state index contributed by atoms with van der Waals surface area (Å²) in [7, 11) is 0. The lowest BCUT2D eigenvalue weighted by Crippen LogP contribution is -2.30. The first-order valence-corrected chi connectivity index (χ1v) is 9.13. The van der Waals surface area contributed by atoms with Crippen molar-refractivity contribution in [3.8, 4) is 6.07 Å². The molecule has 2 aromatic carbocycles. The van der Waals surface area contributed by atoms with Gasteiger partial charge < -0.3 is 10.6 Å². The Labute approximate surface area is 171 Å². The van der Waals surface area contributed by atoms with Crippen molar-refractivity contribution in [3.63, 3.8) is 0 Å². The van der Waals surface area contributed by atoms with Gasteiger partial charge in [0.2, 0.25) is 0 Å². The monoisotopic (exact) mass is 403 g/mol. The number of rotatable bonds is 5. The van der Waals surface area contributed by atoms with Crippen LogP contribution in [0.25, 0.3) is 5.70 Å². The number of amides is 2. The summed E-state index contributed by atoms with van der Waals surface area (Å²) in [6.45, 7) is 2.32. The third-order valence-electron chi connectivity index (χ3n) is 4.34. The molecule has 9 nitrogen and oxygen atoms in total. The molecule has 0 atom stereocenters. The molecular weight excluding hydrogens is 386 g/mol. The van der Waals surface area contributed by atoms with Gasteiger partial charge >= 0.3 is 0 Å². The van der Waals surface area contributed by atoms with Crippen LogP contribution < -0.4 is 10.6 Å². The molecule has 1 aliphatic heterocycles. The lowest BCUT2D eigenvalue weighted by molar-refractivity contribution is -0.384. The predicted octanol–water partition coefficient (Wildman–Crippen LogP) is 2.55. The van der Waals surface area contributed by atoms with Gasteiger partial charge in [0, 0.05) is 35.4 Å². The van der Waals surface area contributed by atoms with E-state index in [4.69, 9.17) is 0 Å². The first-order chi connectivity index (χ1) is 14.5. The quantitative estimate of drug-likeness (QED) is 0.342. The number of hydrogen-bond acceptors (Lipinski definition) is 6. The fourth-order valence-corrected chi connectivity index (χ4v) is 2.87. The molecule has 0 saturated carbocycles. The van der Waals surface area contributed by atoms with Crippen LogP contribution in [0.5, 0.6) is 0 Å². The standard InChI is InChI=1S/C21H17N5O4/c1-2-11-23-21(28)17(12-22)18-15-5-3-4-6-16(15)19(24-18)25-20(27)13-7-9-14(10-8-13)26(29)30/h3-10H,2,11H2,1H3,(H,23,28)(H,24,25,27)/b18-17-. The number of hydrogen-bond donors (Lipinski definition) is 2. The van der Waals surface area contributed by atoms with E-state index in [0.717, 1.165) is 6.42 Å². The van der Waals surface area contributed by atoms with E-state index in [1.54, 1.807) is 24.3 Å². The lowest BCUT2D eigenvalue weighted by atomic mass is 10.0. The molecule has 9 heteroatoms. The van der Waals surface area contributed by atoms with E-state index in [2.05, 4.69) is 15.6 Å². The molecular formula is C21H17N5O4. The lowest BCUT2D eigenvalue weighted by Gasteiger charge is -2.06. The molecule has 0 bridgehead atoms. The summed E-state index contributed by atoms with van der Waals surface area (Å²) in [5.41, 5.74) is 1.24. The Morgan fingerprint density at radius 1 is 1.13 bits per heavy atom. The molecule has 2 amide bonds. The van der Waals surface area contributed by atoms with Crippen LogP contribution in [0.1, 0.15) is 34.8 Å². The van der Waals surface area contributed by atoms with Crippen LogP contribution in [-0.2, 0) is 4.79 Å². The molecule has 2 aromatic rings. The van der Waals surface area contributed by atoms with E-state index in [1.807, 2.05) is 13.0 Å². The topological polar surface area (TPSA) is 137 Å². The maximum atomic E-state index is 12.6. The van der Waals surface area contributed by atoms with Crippen LogP contribution in [0.15, 0.2) is 59.1 Å². The summed E-state index contributed by atoms with van der Waals surface area (Å²) in [4.78, 5) is 39.5. The minimum atomic E-state index is -0.553. The summed E-state index contributed by atoms with van der Waals surface area (Å²) < 4.78 is 0. The van der Waals surface area contributed by atoms with Crippen LogP contribution in [0.3, 0.4) is 0 Å². The number of fused-ring (bicyclic) bond motifs is 1. The number of nitrogens with one attached hydrogen (secondary N) is 2. The molecule has 0 unspecified atom stereocenters. The smallest absolute Gasteiger partial charge is 0.269 e. The highest BCUT2D eigenvalue weighted by Gasteiger charge is 2.27. The van der Waals surface area contributed by atoms with Crippen molar-refractivity contribution >= 4 is 29.0 Å². The van der Waals surface area contributed by atoms with E-state index in [1.165, 1.54) is 24.3 Å². The van der Waals surface area contributed by atoms with Gasteiger partial charge in [0.25, 0.3) is 17.5 Å². The minimum Gasteiger partial charge on any atom is -0.351 e. The van der Waals surface area contributed by atoms with Crippen molar-refractivity contribution in [2.75, 3.05) is 6.54 Å². The zero-order valence-corrected chi connectivity index (χ0v) is 16.0. The molecule has 0 spiro atoms. The normalized spacial score (nSPS) is 13.5. The van der Waals surface area contributed by atoms with Crippen molar-refractivity contribution in [2.24, 2.45) is 4.99 Å². The molecule has 2 N–H and O–H groups in total. The Morgan fingerprint density at radius 3 is 2.40 bits per heavy atom. The van der Waals surface area contributed by atoms with Gasteiger partial charge in [-0.15, -0.1) is 0 Å². The Bertz CT molecular complexity index is 1130. The van der Waals surface area contributed by atoms with Crippen molar-refractivity contribution in [1.82, 2.24) is 10.6 Å². The summed E-state index contributed by atoms with van der Waals surface area (Å²) in [6.07, 6.45) is 0.718. The summed E-state index contributed by atoms with van der Waals surface area (Å²) in [6, 6.07) is 14.0. The maximum Gasteiger partial charge on any atom is 0.269 e. The number of amidine groups is 1. The molecule has 0 saturated heterocycles. The molecule has 0 aliphatic carbocycles. The Kier molecular flexibility index (Phi) is 5.98. The molecule has 0 aromatic heterocycles. The van der Waals surface area contributed by atoms with Gasteiger partial charge in [-0.1, -0.05) is 31.2 Å².